The van der Waals surface area contributed by atoms with Gasteiger partial charge in [-0.05, 0) is 129 Å². The summed E-state index contributed by atoms with van der Waals surface area (Å²) in [5.41, 5.74) is 26.3. The van der Waals surface area contributed by atoms with E-state index in [0.717, 1.165) is 47.9 Å². The summed E-state index contributed by atoms with van der Waals surface area (Å²) >= 11 is 0. The van der Waals surface area contributed by atoms with Crippen LogP contribution in [0.5, 0.6) is 0 Å². The molecule has 0 fully saturated rings. The van der Waals surface area contributed by atoms with E-state index in [1.165, 1.54) is 48.5 Å². The van der Waals surface area contributed by atoms with Crippen molar-refractivity contribution in [1.29, 1.82) is 0 Å². The number of aliphatic imine (C=N–C) groups is 2. The third-order valence-corrected chi connectivity index (χ3v) is 12.9. The van der Waals surface area contributed by atoms with Crippen LogP contribution < -0.4 is 22.9 Å². The summed E-state index contributed by atoms with van der Waals surface area (Å²) in [4.78, 5) is 31.4. The largest absolute Gasteiger partial charge is 0.462 e. The molecule has 0 spiro atoms. The van der Waals surface area contributed by atoms with Crippen LogP contribution in [0.1, 0.15) is 74.6 Å². The average Bonchev–Trinajstić information content (AvgIpc) is 3.30. The molecular weight excluding hydrogens is 1060 g/mol. The van der Waals surface area contributed by atoms with Crippen molar-refractivity contribution in [3.63, 3.8) is 0 Å². The molecule has 0 aliphatic rings. The Balaban J connectivity index is 0.00000101. The summed E-state index contributed by atoms with van der Waals surface area (Å²) in [5, 5.41) is 0. The average molecular weight is 1130 g/mol. The first-order valence-corrected chi connectivity index (χ1v) is 28.6. The highest BCUT2D eigenvalue weighted by Crippen LogP contribution is 2.12. The van der Waals surface area contributed by atoms with Crippen molar-refractivity contribution in [3.8, 4) is 0 Å². The lowest BCUT2D eigenvalue weighted by molar-refractivity contribution is -0.148. The normalized spacial score (nSPS) is 12.6. The topological polar surface area (TPSA) is 408 Å². The highest BCUT2D eigenvalue weighted by molar-refractivity contribution is 7.86. The fourth-order valence-electron chi connectivity index (χ4n) is 5.26. The maximum Gasteiger partial charge on any atom is 0.322 e. The molecule has 2 unspecified atom stereocenters. The van der Waals surface area contributed by atoms with Crippen LogP contribution in [-0.4, -0.2) is 127 Å². The molecule has 4 aromatic rings. The van der Waals surface area contributed by atoms with Crippen molar-refractivity contribution in [2.75, 3.05) is 39.5 Å². The number of benzene rings is 4. The molecule has 0 bridgehead atoms. The number of nitrogens with two attached hydrogens (primary N) is 4. The number of carbonyl (C=O) groups excluding carboxylic acids is 2. The zero-order chi connectivity index (χ0) is 57.4. The van der Waals surface area contributed by atoms with Gasteiger partial charge < -0.3 is 37.1 Å². The van der Waals surface area contributed by atoms with E-state index in [4.69, 9.17) is 55.4 Å². The first kappa shape index (κ1) is 69.3. The molecular formula is C48H72N6O17S4. The Morgan fingerprint density at radius 1 is 0.440 bits per heavy atom. The van der Waals surface area contributed by atoms with Gasteiger partial charge in [-0.2, -0.15) is 33.7 Å². The van der Waals surface area contributed by atoms with Crippen LogP contribution >= 0.6 is 0 Å². The van der Waals surface area contributed by atoms with Crippen molar-refractivity contribution in [3.05, 3.63) is 119 Å². The lowest BCUT2D eigenvalue weighted by atomic mass is 10.1. The summed E-state index contributed by atoms with van der Waals surface area (Å²) in [6.07, 6.45) is 4.19. The Morgan fingerprint density at radius 2 is 0.667 bits per heavy atom. The standard InChI is InChI=1S/C20H40N6O5.4C7H8O3S/c1-15(21)25-9-5-3-7-17(23)19(27)30-13-11-29-12-14-31-20(28)18(24)8-4-6-10-26-16(2)22;4*1-6-2-4-7(5-3-6)11(8,9)10/h17-18H,3-14,23-24H2,1-2H3,(H2,21,25)(H2,22,26);4*2-5H,1H3,(H,8,9,10). The minimum atomic E-state index is -4.02. The van der Waals surface area contributed by atoms with Crippen LogP contribution in [0.3, 0.4) is 0 Å². The van der Waals surface area contributed by atoms with Crippen LogP contribution in [-0.2, 0) is 64.3 Å². The summed E-state index contributed by atoms with van der Waals surface area (Å²) in [6, 6.07) is 22.6. The van der Waals surface area contributed by atoms with Crippen molar-refractivity contribution < 1.29 is 75.7 Å². The molecule has 4 rings (SSSR count). The third-order valence-electron chi connectivity index (χ3n) is 9.39. The van der Waals surface area contributed by atoms with E-state index in [1.807, 2.05) is 27.7 Å². The van der Waals surface area contributed by atoms with Crippen LogP contribution in [0.15, 0.2) is 127 Å². The zero-order valence-electron chi connectivity index (χ0n) is 42.8. The first-order valence-electron chi connectivity index (χ1n) is 22.9. The Morgan fingerprint density at radius 3 is 0.867 bits per heavy atom. The highest BCUT2D eigenvalue weighted by Gasteiger charge is 2.16. The Labute approximate surface area is 441 Å². The molecule has 27 heteroatoms. The number of aryl methyl sites for hydroxylation is 4. The van der Waals surface area contributed by atoms with Crippen molar-refractivity contribution >= 4 is 64.1 Å². The second-order valence-corrected chi connectivity index (χ2v) is 22.0. The number of rotatable bonds is 22. The van der Waals surface area contributed by atoms with E-state index in [0.29, 0.717) is 37.6 Å². The van der Waals surface area contributed by atoms with Gasteiger partial charge in [-0.15, -0.1) is 0 Å². The Kier molecular flexibility index (Phi) is 32.8. The Hall–Kier alpha value is -5.72. The molecule has 0 aliphatic heterocycles. The van der Waals surface area contributed by atoms with E-state index < -0.39 is 64.5 Å². The molecule has 23 nitrogen and oxygen atoms in total. The van der Waals surface area contributed by atoms with Crippen molar-refractivity contribution in [1.82, 2.24) is 0 Å². The SMILES string of the molecule is CC(N)=NCCCCC(N)C(=O)OCCOCCOC(=O)C(N)CCCCN=C(C)N.Cc1ccc(S(=O)(=O)O)cc1.Cc1ccc(S(=O)(=O)O)cc1.Cc1ccc(S(=O)(=O)O)cc1.Cc1ccc(S(=O)(=O)O)cc1. The predicted molar refractivity (Wildman–Crippen MR) is 285 cm³/mol. The molecule has 75 heavy (non-hydrogen) atoms. The number of esters is 2. The highest BCUT2D eigenvalue weighted by atomic mass is 32.2. The van der Waals surface area contributed by atoms with Crippen molar-refractivity contribution in [2.45, 2.75) is 112 Å². The van der Waals surface area contributed by atoms with Gasteiger partial charge in [0.1, 0.15) is 25.3 Å². The van der Waals surface area contributed by atoms with Gasteiger partial charge in [0.15, 0.2) is 0 Å². The number of carbonyl (C=O) groups is 2. The van der Waals surface area contributed by atoms with Crippen LogP contribution in [0.25, 0.3) is 0 Å². The summed E-state index contributed by atoms with van der Waals surface area (Å²) < 4.78 is 134. The molecule has 12 N–H and O–H groups in total. The number of nitrogens with zero attached hydrogens (tertiary/aromatic N) is 2. The minimum absolute atomic E-state index is 0.0666. The van der Waals surface area contributed by atoms with Crippen LogP contribution in [0, 0.1) is 27.7 Å². The molecule has 2 atom stereocenters. The quantitative estimate of drug-likeness (QED) is 0.0172. The maximum atomic E-state index is 11.8. The van der Waals surface area contributed by atoms with Gasteiger partial charge in [0, 0.05) is 13.1 Å². The molecule has 0 heterocycles. The third kappa shape index (κ3) is 35.2. The van der Waals surface area contributed by atoms with Gasteiger partial charge in [0.25, 0.3) is 40.5 Å². The number of hydrogen-bond acceptors (Lipinski definition) is 17. The number of ether oxygens (including phenoxy) is 3. The van der Waals surface area contributed by atoms with Gasteiger partial charge in [-0.25, -0.2) is 0 Å². The smallest absolute Gasteiger partial charge is 0.322 e. The second kappa shape index (κ2) is 35.5. The number of amidine groups is 2. The zero-order valence-corrected chi connectivity index (χ0v) is 46.1. The molecule has 0 saturated heterocycles. The van der Waals surface area contributed by atoms with Gasteiger partial charge in [0.05, 0.1) is 44.5 Å². The van der Waals surface area contributed by atoms with E-state index in [1.54, 1.807) is 62.4 Å². The fraction of sp³-hybridized carbons (Fsp3) is 0.417. The fourth-order valence-corrected chi connectivity index (χ4v) is 7.18. The van der Waals surface area contributed by atoms with E-state index in [2.05, 4.69) is 9.98 Å². The molecule has 0 saturated carbocycles. The lowest BCUT2D eigenvalue weighted by Gasteiger charge is -2.12. The van der Waals surface area contributed by atoms with Crippen LogP contribution in [0.2, 0.25) is 0 Å². The first-order chi connectivity index (χ1) is 34.7. The number of hydrogen-bond donors (Lipinski definition) is 8. The number of unbranched alkanes of at least 4 members (excludes halogenated alkanes) is 2. The summed E-state index contributed by atoms with van der Waals surface area (Å²) in [5.74, 6) is 0.153. The van der Waals surface area contributed by atoms with Crippen LogP contribution in [0.4, 0.5) is 0 Å². The maximum absolute atomic E-state index is 11.8. The summed E-state index contributed by atoms with van der Waals surface area (Å²) in [7, 11) is -16.1. The van der Waals surface area contributed by atoms with E-state index >= 15 is 0 Å². The molecule has 0 amide bonds. The second-order valence-electron chi connectivity index (χ2n) is 16.4. The van der Waals surface area contributed by atoms with E-state index in [-0.39, 0.29) is 46.0 Å². The minimum Gasteiger partial charge on any atom is -0.462 e. The molecule has 0 radical (unpaired) electrons. The van der Waals surface area contributed by atoms with E-state index in [9.17, 15) is 43.3 Å². The molecule has 0 aliphatic carbocycles. The lowest BCUT2D eigenvalue weighted by Crippen LogP contribution is -2.33. The monoisotopic (exact) mass is 1130 g/mol. The van der Waals surface area contributed by atoms with Gasteiger partial charge >= 0.3 is 11.9 Å². The van der Waals surface area contributed by atoms with Gasteiger partial charge in [-0.3, -0.25) is 37.8 Å². The van der Waals surface area contributed by atoms with Gasteiger partial charge in [-0.1, -0.05) is 70.8 Å². The molecule has 4 aromatic carbocycles. The summed E-state index contributed by atoms with van der Waals surface area (Å²) in [6.45, 7) is 12.6. The Bertz CT molecular complexity index is 2480. The molecule has 420 valence electrons. The van der Waals surface area contributed by atoms with Gasteiger partial charge in [0.2, 0.25) is 0 Å². The van der Waals surface area contributed by atoms with Crippen molar-refractivity contribution in [2.24, 2.45) is 32.9 Å². The molecule has 0 aromatic heterocycles. The predicted octanol–water partition coefficient (Wildman–Crippen LogP) is 4.81.